The van der Waals surface area contributed by atoms with E-state index < -0.39 is 5.97 Å². The summed E-state index contributed by atoms with van der Waals surface area (Å²) in [5.41, 5.74) is 4.66. The zero-order chi connectivity index (χ0) is 36.0. The molecule has 0 spiro atoms. The summed E-state index contributed by atoms with van der Waals surface area (Å²) in [5.74, 6) is 2.79. The number of aromatic carboxylic acids is 1. The molecule has 1 aliphatic heterocycles. The van der Waals surface area contributed by atoms with Gasteiger partial charge >= 0.3 is 5.97 Å². The third-order valence-electron chi connectivity index (χ3n) is 16.6. The number of hydrogen-bond acceptors (Lipinski definition) is 4. The number of allylic oxidation sites excluding steroid dienone is 3. The fraction of sp³-hybridized carbons (Fsp3) is 0.756. The molecular formula is C45H70N2O3. The molecule has 7 unspecified atom stereocenters. The number of nitrogens with zero attached hydrogens (tertiary/aromatic N) is 1. The minimum Gasteiger partial charge on any atom is -0.478 e. The van der Waals surface area contributed by atoms with Crippen LogP contribution in [0.4, 0.5) is 0 Å². The summed E-state index contributed by atoms with van der Waals surface area (Å²) in [6.07, 6.45) is 20.3. The molecule has 0 amide bonds. The Hall–Kier alpha value is -1.95. The molecule has 0 bridgehead atoms. The number of likely N-dealkylation sites (tertiary alicyclic amines) is 1. The number of fused-ring (bicyclic) bond motifs is 7. The maximum atomic E-state index is 11.5. The Balaban J connectivity index is 0.00000139. The van der Waals surface area contributed by atoms with Gasteiger partial charge in [0.1, 0.15) is 0 Å². The summed E-state index contributed by atoms with van der Waals surface area (Å²) in [4.78, 5) is 14.1. The van der Waals surface area contributed by atoms with Crippen molar-refractivity contribution in [3.05, 3.63) is 54.1 Å². The Bertz CT molecular complexity index is 1390. The van der Waals surface area contributed by atoms with E-state index in [2.05, 4.69) is 57.5 Å². The molecule has 1 aromatic carbocycles. The topological polar surface area (TPSA) is 72.8 Å². The van der Waals surface area contributed by atoms with Crippen molar-refractivity contribution in [2.24, 2.45) is 56.7 Å². The van der Waals surface area contributed by atoms with Gasteiger partial charge < -0.3 is 20.4 Å². The van der Waals surface area contributed by atoms with Gasteiger partial charge in [-0.3, -0.25) is 0 Å². The summed E-state index contributed by atoms with van der Waals surface area (Å²) in [5, 5.41) is 23.0. The van der Waals surface area contributed by atoms with E-state index in [0.717, 1.165) is 63.2 Å². The monoisotopic (exact) mass is 687 g/mol. The van der Waals surface area contributed by atoms with Gasteiger partial charge in [-0.15, -0.1) is 6.58 Å². The minimum atomic E-state index is -0.850. The van der Waals surface area contributed by atoms with Crippen LogP contribution in [-0.4, -0.2) is 60.4 Å². The van der Waals surface area contributed by atoms with Gasteiger partial charge in [-0.05, 0) is 171 Å². The molecule has 4 saturated carbocycles. The molecule has 3 N–H and O–H groups in total. The molecule has 5 aliphatic carbocycles. The third kappa shape index (κ3) is 6.27. The standard InChI is InChI=1S/C42H64N2O3.C3H6/c1-38(2)32(30-8-10-31(11-9-30)37(46)47)14-19-39(3)35(38)15-20-41(5)36(39)13-12-33-34-7-6-18-42(34,22-21-40(33,41)4)28-43-23-26-44-24-16-29(27-45)17-25-44;1-3-2/h8-11,14,29,33-36,43,45H,6-7,12-13,15-28H2,1-5H3,(H,46,47);3H,1H2,2H3/t33?,34?,35?,36?,39?,40-,41?,42?;/m1./s1. The van der Waals surface area contributed by atoms with E-state index in [4.69, 9.17) is 0 Å². The van der Waals surface area contributed by atoms with Gasteiger partial charge in [-0.25, -0.2) is 4.79 Å². The number of benzene rings is 1. The highest BCUT2D eigenvalue weighted by molar-refractivity contribution is 5.88. The van der Waals surface area contributed by atoms with Crippen molar-refractivity contribution in [1.29, 1.82) is 0 Å². The summed E-state index contributed by atoms with van der Waals surface area (Å²) in [6.45, 7) is 24.5. The molecule has 1 saturated heterocycles. The molecule has 8 atom stereocenters. The predicted octanol–water partition coefficient (Wildman–Crippen LogP) is 9.72. The van der Waals surface area contributed by atoms with E-state index in [1.54, 1.807) is 18.2 Å². The molecule has 5 nitrogen and oxygen atoms in total. The number of hydrogen-bond donors (Lipinski definition) is 3. The molecule has 1 aromatic rings. The third-order valence-corrected chi connectivity index (χ3v) is 16.6. The average molecular weight is 687 g/mol. The first-order chi connectivity index (χ1) is 23.8. The van der Waals surface area contributed by atoms with Gasteiger partial charge in [0.2, 0.25) is 0 Å². The van der Waals surface area contributed by atoms with Crippen molar-refractivity contribution in [2.75, 3.05) is 39.3 Å². The van der Waals surface area contributed by atoms with Crippen LogP contribution in [0.5, 0.6) is 0 Å². The molecule has 278 valence electrons. The molecular weight excluding hydrogens is 617 g/mol. The first kappa shape index (κ1) is 37.8. The number of rotatable bonds is 8. The smallest absolute Gasteiger partial charge is 0.335 e. The zero-order valence-electron chi connectivity index (χ0n) is 32.5. The quantitative estimate of drug-likeness (QED) is 0.188. The fourth-order valence-corrected chi connectivity index (χ4v) is 13.9. The average Bonchev–Trinajstić information content (AvgIpc) is 3.52. The number of piperidine rings is 1. The Morgan fingerprint density at radius 2 is 1.60 bits per heavy atom. The van der Waals surface area contributed by atoms with Crippen LogP contribution in [-0.2, 0) is 0 Å². The van der Waals surface area contributed by atoms with Crippen LogP contribution in [0.2, 0.25) is 0 Å². The number of carbonyl (C=O) groups is 1. The Labute approximate surface area is 304 Å². The van der Waals surface area contributed by atoms with Crippen molar-refractivity contribution in [3.8, 4) is 0 Å². The van der Waals surface area contributed by atoms with Gasteiger partial charge in [-0.2, -0.15) is 0 Å². The van der Waals surface area contributed by atoms with Gasteiger partial charge in [0.05, 0.1) is 5.56 Å². The molecule has 6 aliphatic rings. The Morgan fingerprint density at radius 1 is 0.900 bits per heavy atom. The minimum absolute atomic E-state index is 0.0599. The van der Waals surface area contributed by atoms with Crippen LogP contribution in [0.25, 0.3) is 5.57 Å². The lowest BCUT2D eigenvalue weighted by atomic mass is 9.32. The summed E-state index contributed by atoms with van der Waals surface area (Å²) >= 11 is 0. The summed E-state index contributed by atoms with van der Waals surface area (Å²) < 4.78 is 0. The first-order valence-corrected chi connectivity index (χ1v) is 20.4. The van der Waals surface area contributed by atoms with Gasteiger partial charge in [0.15, 0.2) is 0 Å². The fourth-order valence-electron chi connectivity index (χ4n) is 13.9. The lowest BCUT2D eigenvalue weighted by Gasteiger charge is -2.72. The number of nitrogens with one attached hydrogen (secondary N) is 1. The van der Waals surface area contributed by atoms with E-state index in [9.17, 15) is 15.0 Å². The van der Waals surface area contributed by atoms with Crippen LogP contribution in [0.1, 0.15) is 135 Å². The second kappa shape index (κ2) is 14.5. The Kier molecular flexibility index (Phi) is 10.9. The molecule has 1 heterocycles. The highest BCUT2D eigenvalue weighted by Crippen LogP contribution is 2.77. The van der Waals surface area contributed by atoms with Crippen molar-refractivity contribution >= 4 is 11.5 Å². The normalized spacial score (nSPS) is 39.5. The van der Waals surface area contributed by atoms with Crippen LogP contribution in [0, 0.1) is 56.7 Å². The summed E-state index contributed by atoms with van der Waals surface area (Å²) in [6, 6.07) is 7.66. The van der Waals surface area contributed by atoms with E-state index in [0.29, 0.717) is 45.7 Å². The number of aliphatic hydroxyl groups is 1. The van der Waals surface area contributed by atoms with Crippen molar-refractivity contribution in [1.82, 2.24) is 10.2 Å². The van der Waals surface area contributed by atoms with Gasteiger partial charge in [-0.1, -0.05) is 65.3 Å². The zero-order valence-corrected chi connectivity index (χ0v) is 32.5. The van der Waals surface area contributed by atoms with Crippen molar-refractivity contribution in [3.63, 3.8) is 0 Å². The highest BCUT2D eigenvalue weighted by atomic mass is 16.4. The van der Waals surface area contributed by atoms with Gasteiger partial charge in [0.25, 0.3) is 0 Å². The largest absolute Gasteiger partial charge is 0.478 e. The van der Waals surface area contributed by atoms with Crippen LogP contribution >= 0.6 is 0 Å². The van der Waals surface area contributed by atoms with Crippen LogP contribution in [0.15, 0.2) is 43.0 Å². The van der Waals surface area contributed by atoms with E-state index in [1.165, 1.54) is 75.5 Å². The molecule has 0 aromatic heterocycles. The molecule has 0 radical (unpaired) electrons. The second-order valence-electron chi connectivity index (χ2n) is 19.0. The van der Waals surface area contributed by atoms with Crippen molar-refractivity contribution < 1.29 is 15.0 Å². The van der Waals surface area contributed by atoms with Crippen molar-refractivity contribution in [2.45, 2.75) is 119 Å². The second-order valence-corrected chi connectivity index (χ2v) is 19.0. The SMILES string of the molecule is C=CC.CC1(C)C(c2ccc(C(=O)O)cc2)=CCC2(C)C1CCC1(C)C2CCC2C3CCCC3(CNCCN3CCC(CO)CC3)CC[C@]21C. The van der Waals surface area contributed by atoms with E-state index >= 15 is 0 Å². The van der Waals surface area contributed by atoms with E-state index in [-0.39, 0.29) is 5.41 Å². The first-order valence-electron chi connectivity index (χ1n) is 20.4. The highest BCUT2D eigenvalue weighted by Gasteiger charge is 2.69. The predicted molar refractivity (Wildman–Crippen MR) is 207 cm³/mol. The lowest BCUT2D eigenvalue weighted by Crippen LogP contribution is -2.65. The molecule has 50 heavy (non-hydrogen) atoms. The van der Waals surface area contributed by atoms with Gasteiger partial charge in [0, 0.05) is 26.2 Å². The van der Waals surface area contributed by atoms with Crippen LogP contribution in [0.3, 0.4) is 0 Å². The maximum Gasteiger partial charge on any atom is 0.335 e. The lowest BCUT2D eigenvalue weighted by molar-refractivity contribution is -0.222. The van der Waals surface area contributed by atoms with E-state index in [1.807, 2.05) is 19.1 Å². The molecule has 5 heteroatoms. The number of carboxylic acids is 1. The maximum absolute atomic E-state index is 11.5. The number of aliphatic hydroxyl groups excluding tert-OH is 1. The molecule has 5 fully saturated rings. The number of carboxylic acid groups (broad SMARTS) is 1. The Morgan fingerprint density at radius 3 is 2.26 bits per heavy atom. The summed E-state index contributed by atoms with van der Waals surface area (Å²) in [7, 11) is 0. The van der Waals surface area contributed by atoms with Crippen LogP contribution < -0.4 is 5.32 Å². The molecule has 7 rings (SSSR count).